The Bertz CT molecular complexity index is 451. The molecular weight excluding hydrogens is 186 g/mol. The van der Waals surface area contributed by atoms with E-state index >= 15 is 0 Å². The highest BCUT2D eigenvalue weighted by Crippen LogP contribution is 2.31. The Balaban J connectivity index is 2.56. The number of ether oxygens (including phenoxy) is 1. The maximum Gasteiger partial charge on any atom is 0.126 e. The maximum absolute atomic E-state index is 5.76. The van der Waals surface area contributed by atoms with Crippen LogP contribution in [0.5, 0.6) is 5.75 Å². The molecule has 2 aromatic rings. The standard InChI is InChI=1S/C13H13NO/c1-15-13-8-7-11(14)9-12(13)10-5-3-2-4-6-10/h2-9H,14H2,1H3. The van der Waals surface area contributed by atoms with Crippen LogP contribution in [0, 0.1) is 0 Å². The Kier molecular flexibility index (Phi) is 2.59. The Labute approximate surface area is 89.3 Å². The Hall–Kier alpha value is -1.96. The molecule has 0 saturated heterocycles. The van der Waals surface area contributed by atoms with Gasteiger partial charge in [0.25, 0.3) is 0 Å². The van der Waals surface area contributed by atoms with Crippen LogP contribution in [-0.2, 0) is 0 Å². The van der Waals surface area contributed by atoms with Crippen molar-refractivity contribution in [2.45, 2.75) is 0 Å². The minimum atomic E-state index is 0.745. The van der Waals surface area contributed by atoms with Gasteiger partial charge in [0, 0.05) is 11.3 Å². The van der Waals surface area contributed by atoms with Gasteiger partial charge in [0.1, 0.15) is 5.75 Å². The molecule has 2 rings (SSSR count). The predicted molar refractivity (Wildman–Crippen MR) is 62.8 cm³/mol. The molecule has 0 atom stereocenters. The monoisotopic (exact) mass is 199 g/mol. The van der Waals surface area contributed by atoms with Crippen molar-refractivity contribution in [2.24, 2.45) is 0 Å². The molecule has 0 aliphatic heterocycles. The molecule has 76 valence electrons. The number of rotatable bonds is 2. The molecule has 0 aromatic heterocycles. The van der Waals surface area contributed by atoms with Gasteiger partial charge in [0.15, 0.2) is 0 Å². The predicted octanol–water partition coefficient (Wildman–Crippen LogP) is 2.94. The summed E-state index contributed by atoms with van der Waals surface area (Å²) in [4.78, 5) is 0. The number of methoxy groups -OCH3 is 1. The second-order valence-electron chi connectivity index (χ2n) is 3.33. The molecule has 0 bridgehead atoms. The quantitative estimate of drug-likeness (QED) is 0.755. The summed E-state index contributed by atoms with van der Waals surface area (Å²) in [7, 11) is 1.66. The highest BCUT2D eigenvalue weighted by atomic mass is 16.5. The van der Waals surface area contributed by atoms with E-state index < -0.39 is 0 Å². The summed E-state index contributed by atoms with van der Waals surface area (Å²) in [5.41, 5.74) is 8.65. The molecule has 2 heteroatoms. The fourth-order valence-electron chi connectivity index (χ4n) is 1.57. The molecule has 0 radical (unpaired) electrons. The molecular formula is C13H13NO. The van der Waals surface area contributed by atoms with Crippen LogP contribution in [0.2, 0.25) is 0 Å². The highest BCUT2D eigenvalue weighted by Gasteiger charge is 2.04. The third-order valence-electron chi connectivity index (χ3n) is 2.31. The topological polar surface area (TPSA) is 35.2 Å². The van der Waals surface area contributed by atoms with Gasteiger partial charge in [-0.1, -0.05) is 30.3 Å². The van der Waals surface area contributed by atoms with E-state index in [1.54, 1.807) is 7.11 Å². The normalized spacial score (nSPS) is 9.93. The van der Waals surface area contributed by atoms with E-state index in [0.29, 0.717) is 0 Å². The average molecular weight is 199 g/mol. The van der Waals surface area contributed by atoms with E-state index in [2.05, 4.69) is 0 Å². The molecule has 2 N–H and O–H groups in total. The van der Waals surface area contributed by atoms with Gasteiger partial charge in [-0.25, -0.2) is 0 Å². The van der Waals surface area contributed by atoms with Crippen molar-refractivity contribution in [1.82, 2.24) is 0 Å². The van der Waals surface area contributed by atoms with Crippen molar-refractivity contribution >= 4 is 5.69 Å². The first-order valence-electron chi connectivity index (χ1n) is 4.80. The van der Waals surface area contributed by atoms with E-state index in [1.165, 1.54) is 0 Å². The number of anilines is 1. The van der Waals surface area contributed by atoms with Crippen LogP contribution in [0.1, 0.15) is 0 Å². The molecule has 0 aliphatic rings. The van der Waals surface area contributed by atoms with Gasteiger partial charge in [0.2, 0.25) is 0 Å². The molecule has 0 aliphatic carbocycles. The first kappa shape index (κ1) is 9.59. The SMILES string of the molecule is COc1ccc(N)cc1-c1ccccc1. The zero-order valence-corrected chi connectivity index (χ0v) is 8.60. The lowest BCUT2D eigenvalue weighted by atomic mass is 10.0. The fourth-order valence-corrected chi connectivity index (χ4v) is 1.57. The first-order chi connectivity index (χ1) is 7.31. The van der Waals surface area contributed by atoms with E-state index in [1.807, 2.05) is 48.5 Å². The number of nitrogens with two attached hydrogens (primary N) is 1. The zero-order chi connectivity index (χ0) is 10.7. The molecule has 0 saturated carbocycles. The number of hydrogen-bond acceptors (Lipinski definition) is 2. The van der Waals surface area contributed by atoms with Crippen LogP contribution in [0.3, 0.4) is 0 Å². The van der Waals surface area contributed by atoms with Crippen LogP contribution in [0.4, 0.5) is 5.69 Å². The van der Waals surface area contributed by atoms with Crippen LogP contribution < -0.4 is 10.5 Å². The third kappa shape index (κ3) is 1.94. The first-order valence-corrected chi connectivity index (χ1v) is 4.80. The summed E-state index contributed by atoms with van der Waals surface area (Å²) in [5.74, 6) is 0.843. The molecule has 0 spiro atoms. The Morgan fingerprint density at radius 2 is 1.73 bits per heavy atom. The maximum atomic E-state index is 5.76. The average Bonchev–Trinajstić information content (AvgIpc) is 2.30. The van der Waals surface area contributed by atoms with E-state index in [9.17, 15) is 0 Å². The van der Waals surface area contributed by atoms with Gasteiger partial charge in [-0.05, 0) is 23.8 Å². The summed E-state index contributed by atoms with van der Waals surface area (Å²) in [6, 6.07) is 15.7. The van der Waals surface area contributed by atoms with Crippen molar-refractivity contribution < 1.29 is 4.74 Å². The number of benzene rings is 2. The van der Waals surface area contributed by atoms with Crippen molar-refractivity contribution in [3.63, 3.8) is 0 Å². The summed E-state index contributed by atoms with van der Waals surface area (Å²) in [5, 5.41) is 0. The van der Waals surface area contributed by atoms with Gasteiger partial charge in [-0.3, -0.25) is 0 Å². The van der Waals surface area contributed by atoms with Gasteiger partial charge >= 0.3 is 0 Å². The fraction of sp³-hybridized carbons (Fsp3) is 0.0769. The second kappa shape index (κ2) is 4.05. The molecule has 0 heterocycles. The molecule has 2 nitrogen and oxygen atoms in total. The van der Waals surface area contributed by atoms with Gasteiger partial charge in [0.05, 0.1) is 7.11 Å². The van der Waals surface area contributed by atoms with Crippen molar-refractivity contribution in [2.75, 3.05) is 12.8 Å². The minimum absolute atomic E-state index is 0.745. The second-order valence-corrected chi connectivity index (χ2v) is 3.33. The molecule has 2 aromatic carbocycles. The van der Waals surface area contributed by atoms with Gasteiger partial charge in [-0.15, -0.1) is 0 Å². The van der Waals surface area contributed by atoms with E-state index in [4.69, 9.17) is 10.5 Å². The minimum Gasteiger partial charge on any atom is -0.496 e. The molecule has 0 amide bonds. The Morgan fingerprint density at radius 1 is 1.00 bits per heavy atom. The lowest BCUT2D eigenvalue weighted by Gasteiger charge is -2.09. The van der Waals surface area contributed by atoms with Crippen molar-refractivity contribution in [3.8, 4) is 16.9 Å². The highest BCUT2D eigenvalue weighted by molar-refractivity contribution is 5.73. The summed E-state index contributed by atoms with van der Waals surface area (Å²) in [6.07, 6.45) is 0. The molecule has 0 fully saturated rings. The Morgan fingerprint density at radius 3 is 2.40 bits per heavy atom. The van der Waals surface area contributed by atoms with Crippen LogP contribution in [0.15, 0.2) is 48.5 Å². The van der Waals surface area contributed by atoms with Gasteiger partial charge < -0.3 is 10.5 Å². The summed E-state index contributed by atoms with van der Waals surface area (Å²) < 4.78 is 5.30. The third-order valence-corrected chi connectivity index (χ3v) is 2.31. The van der Waals surface area contributed by atoms with Crippen LogP contribution in [-0.4, -0.2) is 7.11 Å². The summed E-state index contributed by atoms with van der Waals surface area (Å²) in [6.45, 7) is 0. The number of nitrogen functional groups attached to an aromatic ring is 1. The van der Waals surface area contributed by atoms with Crippen LogP contribution in [0.25, 0.3) is 11.1 Å². The van der Waals surface area contributed by atoms with Gasteiger partial charge in [-0.2, -0.15) is 0 Å². The van der Waals surface area contributed by atoms with Crippen LogP contribution >= 0.6 is 0 Å². The lowest BCUT2D eigenvalue weighted by molar-refractivity contribution is 0.416. The smallest absolute Gasteiger partial charge is 0.126 e. The summed E-state index contributed by atoms with van der Waals surface area (Å²) >= 11 is 0. The molecule has 0 unspecified atom stereocenters. The molecule has 15 heavy (non-hydrogen) atoms. The lowest BCUT2D eigenvalue weighted by Crippen LogP contribution is -1.90. The van der Waals surface area contributed by atoms with Crippen molar-refractivity contribution in [1.29, 1.82) is 0 Å². The number of hydrogen-bond donors (Lipinski definition) is 1. The van der Waals surface area contributed by atoms with E-state index in [-0.39, 0.29) is 0 Å². The van der Waals surface area contributed by atoms with E-state index in [0.717, 1.165) is 22.6 Å². The van der Waals surface area contributed by atoms with Crippen molar-refractivity contribution in [3.05, 3.63) is 48.5 Å². The largest absolute Gasteiger partial charge is 0.496 e. The zero-order valence-electron chi connectivity index (χ0n) is 8.60.